The summed E-state index contributed by atoms with van der Waals surface area (Å²) in [5.74, 6) is 0. The number of rotatable bonds is 0. The van der Waals surface area contributed by atoms with E-state index in [0.29, 0.717) is 0 Å². The van der Waals surface area contributed by atoms with Crippen molar-refractivity contribution in [3.05, 3.63) is 12.2 Å². The normalized spacial score (nSPS) is 16.0. The summed E-state index contributed by atoms with van der Waals surface area (Å²) in [6.45, 7) is 0. The van der Waals surface area contributed by atoms with Crippen LogP contribution in [0, 0.1) is 0 Å². The van der Waals surface area contributed by atoms with Gasteiger partial charge in [0.05, 0.1) is 0 Å². The molecular formula is C4H4N2+2. The van der Waals surface area contributed by atoms with E-state index < -0.39 is 0 Å². The molecule has 0 aromatic carbocycles. The maximum absolute atomic E-state index is 3.53. The molecule has 0 bridgehead atoms. The fourth-order valence-corrected chi connectivity index (χ4v) is 0.253. The summed E-state index contributed by atoms with van der Waals surface area (Å²) in [4.78, 5) is 0. The lowest BCUT2D eigenvalue weighted by atomic mass is 10.5. The highest BCUT2D eigenvalue weighted by Crippen LogP contribution is 1.58. The van der Waals surface area contributed by atoms with Crippen LogP contribution >= 0.6 is 0 Å². The molecule has 0 fully saturated rings. The van der Waals surface area contributed by atoms with Crippen molar-refractivity contribution >= 4 is 12.4 Å². The standard InChI is InChI=1S/C4H4N2/c1-2-4-6-5-3-1/h1-4H/q+2. The van der Waals surface area contributed by atoms with E-state index in [0.717, 1.165) is 0 Å². The Hall–Kier alpha value is -0.920. The Kier molecular flexibility index (Phi) is 0.819. The van der Waals surface area contributed by atoms with Gasteiger partial charge in [0, 0.05) is 12.2 Å². The van der Waals surface area contributed by atoms with Gasteiger partial charge in [0.2, 0.25) is 0 Å². The van der Waals surface area contributed by atoms with Gasteiger partial charge in [-0.2, -0.15) is 0 Å². The minimum atomic E-state index is 1.64. The van der Waals surface area contributed by atoms with Crippen LogP contribution in [0.5, 0.6) is 0 Å². The Balaban J connectivity index is 2.77. The van der Waals surface area contributed by atoms with Crippen molar-refractivity contribution < 1.29 is 0 Å². The molecule has 6 heavy (non-hydrogen) atoms. The van der Waals surface area contributed by atoms with Crippen LogP contribution in [0.25, 0.3) is 0 Å². The Morgan fingerprint density at radius 1 is 0.833 bits per heavy atom. The summed E-state index contributed by atoms with van der Waals surface area (Å²) in [5, 5.41) is 7.07. The maximum atomic E-state index is 3.53. The summed E-state index contributed by atoms with van der Waals surface area (Å²) in [6, 6.07) is 0. The van der Waals surface area contributed by atoms with Gasteiger partial charge in [-0.15, -0.1) is 0 Å². The zero-order valence-corrected chi connectivity index (χ0v) is 3.20. The third kappa shape index (κ3) is 0.516. The quantitative estimate of drug-likeness (QED) is 0.367. The van der Waals surface area contributed by atoms with Crippen molar-refractivity contribution in [1.29, 1.82) is 0 Å². The van der Waals surface area contributed by atoms with Crippen LogP contribution in [0.15, 0.2) is 12.2 Å². The van der Waals surface area contributed by atoms with E-state index in [1.165, 1.54) is 0 Å². The van der Waals surface area contributed by atoms with E-state index in [1.54, 1.807) is 12.4 Å². The molecule has 1 rings (SSSR count). The second-order valence-electron chi connectivity index (χ2n) is 0.914. The van der Waals surface area contributed by atoms with Gasteiger partial charge in [0.1, 0.15) is 0 Å². The molecule has 0 saturated heterocycles. The fourth-order valence-electron chi connectivity index (χ4n) is 0.253. The third-order valence-corrected chi connectivity index (χ3v) is 0.483. The average Bonchev–Trinajstić information content (AvgIpc) is 1.72. The molecule has 2 nitrogen and oxygen atoms in total. The predicted octanol–water partition coefficient (Wildman–Crippen LogP) is -0.716. The average molecular weight is 80.1 g/mol. The van der Waals surface area contributed by atoms with Crippen LogP contribution in [0.2, 0.25) is 0 Å². The van der Waals surface area contributed by atoms with E-state index >= 15 is 0 Å². The SMILES string of the molecule is C1=CC=[N+][N+]=C1. The fraction of sp³-hybridized carbons (Fsp3) is 0. The van der Waals surface area contributed by atoms with E-state index in [9.17, 15) is 0 Å². The molecule has 28 valence electrons. The summed E-state index contributed by atoms with van der Waals surface area (Å²) in [7, 11) is 0. The van der Waals surface area contributed by atoms with Gasteiger partial charge < -0.3 is 0 Å². The van der Waals surface area contributed by atoms with E-state index in [-0.39, 0.29) is 0 Å². The Bertz CT molecular complexity index is 74.9. The van der Waals surface area contributed by atoms with Crippen molar-refractivity contribution in [2.75, 3.05) is 0 Å². The van der Waals surface area contributed by atoms with E-state index in [4.69, 9.17) is 0 Å². The Labute approximate surface area is 35.9 Å². The third-order valence-electron chi connectivity index (χ3n) is 0.483. The number of nitrogens with zero attached hydrogens (tertiary/aromatic N) is 2. The number of hydrogen-bond acceptors (Lipinski definition) is 2. The van der Waals surface area contributed by atoms with Crippen molar-refractivity contribution in [1.82, 2.24) is 10.2 Å². The van der Waals surface area contributed by atoms with Crippen molar-refractivity contribution in [2.45, 2.75) is 0 Å². The monoisotopic (exact) mass is 80.0 g/mol. The van der Waals surface area contributed by atoms with Gasteiger partial charge in [0.25, 0.3) is 0 Å². The van der Waals surface area contributed by atoms with E-state index in [2.05, 4.69) is 10.2 Å². The van der Waals surface area contributed by atoms with Crippen molar-refractivity contribution in [3.63, 3.8) is 0 Å². The van der Waals surface area contributed by atoms with Crippen LogP contribution in [0.3, 0.4) is 0 Å². The smallest absolute Gasteiger partial charge is 0.0239 e. The summed E-state index contributed by atoms with van der Waals surface area (Å²) >= 11 is 0. The summed E-state index contributed by atoms with van der Waals surface area (Å²) in [6.07, 6.45) is 6.93. The zero-order chi connectivity index (χ0) is 4.24. The summed E-state index contributed by atoms with van der Waals surface area (Å²) in [5.41, 5.74) is 0. The Morgan fingerprint density at radius 2 is 1.33 bits per heavy atom. The molecule has 0 aromatic heterocycles. The molecule has 1 heterocycles. The highest BCUT2D eigenvalue weighted by molar-refractivity contribution is 5.82. The minimum Gasteiger partial charge on any atom is 0.0239 e. The van der Waals surface area contributed by atoms with Gasteiger partial charge in [0.15, 0.2) is 0 Å². The predicted molar refractivity (Wildman–Crippen MR) is 25.5 cm³/mol. The molecule has 0 spiro atoms. The van der Waals surface area contributed by atoms with Crippen LogP contribution in [0.1, 0.15) is 0 Å². The van der Waals surface area contributed by atoms with Crippen LogP contribution in [0.4, 0.5) is 0 Å². The van der Waals surface area contributed by atoms with Gasteiger partial charge >= 0.3 is 22.6 Å². The highest BCUT2D eigenvalue weighted by Gasteiger charge is 2.00. The molecule has 2 radical (unpaired) electrons. The highest BCUT2D eigenvalue weighted by atomic mass is 15.2. The lowest BCUT2D eigenvalue weighted by molar-refractivity contribution is 0.990. The molecule has 0 amide bonds. The molecule has 0 N–H and O–H groups in total. The molecule has 1 aliphatic rings. The van der Waals surface area contributed by atoms with Crippen LogP contribution in [-0.4, -0.2) is 12.4 Å². The Morgan fingerprint density at radius 3 is 1.50 bits per heavy atom. The van der Waals surface area contributed by atoms with Crippen LogP contribution < -0.4 is 10.2 Å². The molecule has 0 aromatic rings. The van der Waals surface area contributed by atoms with Gasteiger partial charge in [-0.1, -0.05) is 0 Å². The molecule has 1 aliphatic heterocycles. The first-order valence-corrected chi connectivity index (χ1v) is 1.72. The zero-order valence-electron chi connectivity index (χ0n) is 3.20. The first-order chi connectivity index (χ1) is 3.00. The lowest BCUT2D eigenvalue weighted by Gasteiger charge is -1.48. The largest absolute Gasteiger partial charge is 0.419 e. The van der Waals surface area contributed by atoms with Gasteiger partial charge in [-0.25, -0.2) is 0 Å². The first-order valence-electron chi connectivity index (χ1n) is 1.72. The second-order valence-corrected chi connectivity index (χ2v) is 0.914. The number of allylic oxidation sites excluding steroid dienone is 2. The molecule has 0 atom stereocenters. The van der Waals surface area contributed by atoms with E-state index in [1.807, 2.05) is 12.2 Å². The molecule has 0 unspecified atom stereocenters. The number of hydrogen-bond donors (Lipinski definition) is 0. The molecule has 0 saturated carbocycles. The minimum absolute atomic E-state index is 1.64. The topological polar surface area (TPSA) is 28.2 Å². The molecular weight excluding hydrogens is 76.1 g/mol. The van der Waals surface area contributed by atoms with Crippen molar-refractivity contribution in [2.24, 2.45) is 0 Å². The lowest BCUT2D eigenvalue weighted by Crippen LogP contribution is -1.98. The van der Waals surface area contributed by atoms with Gasteiger partial charge in [-0.05, 0) is 0 Å². The summed E-state index contributed by atoms with van der Waals surface area (Å²) < 4.78 is 0. The van der Waals surface area contributed by atoms with Crippen molar-refractivity contribution in [3.8, 4) is 0 Å². The van der Waals surface area contributed by atoms with Gasteiger partial charge in [-0.3, -0.25) is 0 Å². The molecule has 2 heteroatoms. The first kappa shape index (κ1) is 3.28. The van der Waals surface area contributed by atoms with Crippen LogP contribution in [-0.2, 0) is 0 Å². The molecule has 0 aliphatic carbocycles. The maximum Gasteiger partial charge on any atom is 0.419 e. The second kappa shape index (κ2) is 1.50.